The lowest BCUT2D eigenvalue weighted by molar-refractivity contribution is -0.148. The average molecular weight is 542 g/mol. The Morgan fingerprint density at radius 1 is 1.07 bits per heavy atom. The molecule has 9 heteroatoms. The number of amides is 1. The predicted octanol–water partition coefficient (Wildman–Crippen LogP) is 3.25. The number of carbonyl (C=O) groups is 3. The Bertz CT molecular complexity index is 896. The van der Waals surface area contributed by atoms with E-state index in [1.54, 1.807) is 18.2 Å². The topological polar surface area (TPSA) is 116 Å². The highest BCUT2D eigenvalue weighted by Crippen LogP contribution is 2.22. The molecule has 2 rings (SSSR count). The lowest BCUT2D eigenvalue weighted by Crippen LogP contribution is -2.61. The number of hydrogen-bond donors (Lipinski definition) is 5. The summed E-state index contributed by atoms with van der Waals surface area (Å²) in [4.78, 5) is 36.4. The zero-order chi connectivity index (χ0) is 22.1. The summed E-state index contributed by atoms with van der Waals surface area (Å²) in [6, 6.07) is 16.3. The molecule has 0 bridgehead atoms. The van der Waals surface area contributed by atoms with E-state index >= 15 is 0 Å². The summed E-state index contributed by atoms with van der Waals surface area (Å²) in [7, 11) is 0. The molecule has 0 aliphatic heterocycles. The van der Waals surface area contributed by atoms with Gasteiger partial charge in [0.25, 0.3) is 0 Å². The maximum Gasteiger partial charge on any atom is 0.350 e. The van der Waals surface area contributed by atoms with Gasteiger partial charge in [-0.2, -0.15) is 12.6 Å². The zero-order valence-corrected chi connectivity index (χ0v) is 19.1. The molecule has 0 aromatic heterocycles. The van der Waals surface area contributed by atoms with Gasteiger partial charge in [-0.25, -0.2) is 4.79 Å². The van der Waals surface area contributed by atoms with E-state index in [1.165, 1.54) is 0 Å². The van der Waals surface area contributed by atoms with Crippen molar-refractivity contribution in [1.82, 2.24) is 5.32 Å². The van der Waals surface area contributed by atoms with E-state index < -0.39 is 35.8 Å². The van der Waals surface area contributed by atoms with E-state index in [4.69, 9.17) is 5.11 Å². The van der Waals surface area contributed by atoms with Crippen molar-refractivity contribution in [2.45, 2.75) is 24.9 Å². The van der Waals surface area contributed by atoms with Gasteiger partial charge in [0.15, 0.2) is 0 Å². The highest BCUT2D eigenvalue weighted by atomic mass is 127. The second kappa shape index (κ2) is 11.2. The average Bonchev–Trinajstić information content (AvgIpc) is 2.70. The Hall–Kier alpha value is -2.27. The molecule has 0 heterocycles. The van der Waals surface area contributed by atoms with Crippen molar-refractivity contribution in [2.75, 3.05) is 11.1 Å². The number of halogens is 1. The van der Waals surface area contributed by atoms with Gasteiger partial charge < -0.3 is 20.8 Å². The number of carboxylic acid groups (broad SMARTS) is 2. The van der Waals surface area contributed by atoms with Gasteiger partial charge in [0, 0.05) is 27.9 Å². The van der Waals surface area contributed by atoms with Crippen LogP contribution in [-0.2, 0) is 20.8 Å². The third-order valence-corrected chi connectivity index (χ3v) is 5.63. The second-order valence-corrected chi connectivity index (χ2v) is 8.41. The smallest absolute Gasteiger partial charge is 0.350 e. The third-order valence-electron chi connectivity index (χ3n) is 4.51. The van der Waals surface area contributed by atoms with E-state index in [0.717, 1.165) is 9.13 Å². The minimum Gasteiger partial charge on any atom is -0.481 e. The molecule has 2 aromatic rings. The molecule has 1 amide bonds. The number of carboxylic acids is 2. The molecule has 160 valence electrons. The Balaban J connectivity index is 2.30. The standard InChI is InChI=1S/C21H23IN2O5S/c22-16-7-4-8-17(12-16)23-21(20(28)29,10-9-18(25)26)24-19(27)15(13-30)11-14-5-2-1-3-6-14/h1-8,12,15,23,30H,9-11,13H2,(H,24,27)(H,25,26)(H,28,29)/t15?,21-/m0/s1. The normalized spacial score (nSPS) is 13.7. The highest BCUT2D eigenvalue weighted by molar-refractivity contribution is 14.1. The first kappa shape index (κ1) is 24.0. The van der Waals surface area contributed by atoms with Gasteiger partial charge in [-0.1, -0.05) is 36.4 Å². The van der Waals surface area contributed by atoms with Gasteiger partial charge in [0.1, 0.15) is 0 Å². The van der Waals surface area contributed by atoms with E-state index in [9.17, 15) is 19.5 Å². The number of aliphatic carboxylic acids is 2. The molecule has 0 radical (unpaired) electrons. The van der Waals surface area contributed by atoms with Crippen LogP contribution < -0.4 is 10.6 Å². The molecule has 0 saturated heterocycles. The molecule has 30 heavy (non-hydrogen) atoms. The van der Waals surface area contributed by atoms with Crippen molar-refractivity contribution < 1.29 is 24.6 Å². The van der Waals surface area contributed by atoms with Crippen LogP contribution in [0.3, 0.4) is 0 Å². The summed E-state index contributed by atoms with van der Waals surface area (Å²) in [6.07, 6.45) is -0.388. The van der Waals surface area contributed by atoms with Crippen molar-refractivity contribution in [3.05, 3.63) is 63.7 Å². The van der Waals surface area contributed by atoms with E-state index in [0.29, 0.717) is 12.1 Å². The maximum absolute atomic E-state index is 13.0. The van der Waals surface area contributed by atoms with Crippen molar-refractivity contribution >= 4 is 58.8 Å². The summed E-state index contributed by atoms with van der Waals surface area (Å²) >= 11 is 6.34. The van der Waals surface area contributed by atoms with Crippen LogP contribution in [0.5, 0.6) is 0 Å². The van der Waals surface area contributed by atoms with Crippen molar-refractivity contribution in [2.24, 2.45) is 5.92 Å². The zero-order valence-electron chi connectivity index (χ0n) is 16.0. The summed E-state index contributed by atoms with van der Waals surface area (Å²) in [5, 5.41) is 24.5. The summed E-state index contributed by atoms with van der Waals surface area (Å²) in [6.45, 7) is 0. The molecule has 1 unspecified atom stereocenters. The Labute approximate surface area is 193 Å². The van der Waals surface area contributed by atoms with Gasteiger partial charge in [0.2, 0.25) is 11.6 Å². The fourth-order valence-corrected chi connectivity index (χ4v) is 3.77. The first-order valence-electron chi connectivity index (χ1n) is 9.21. The second-order valence-electron chi connectivity index (χ2n) is 6.80. The molecule has 0 fully saturated rings. The molecular formula is C21H23IN2O5S. The number of nitrogens with one attached hydrogen (secondary N) is 2. The minimum absolute atomic E-state index is 0.207. The van der Waals surface area contributed by atoms with E-state index in [1.807, 2.05) is 36.4 Å². The van der Waals surface area contributed by atoms with Crippen LogP contribution >= 0.6 is 35.2 Å². The molecule has 7 nitrogen and oxygen atoms in total. The highest BCUT2D eigenvalue weighted by Gasteiger charge is 2.41. The van der Waals surface area contributed by atoms with Gasteiger partial charge in [-0.05, 0) is 52.8 Å². The van der Waals surface area contributed by atoms with Crippen molar-refractivity contribution in [1.29, 1.82) is 0 Å². The SMILES string of the molecule is O=C(O)CC[C@@](NC(=O)C(CS)Cc1ccccc1)(Nc1cccc(I)c1)C(=O)O. The van der Waals surface area contributed by atoms with Gasteiger partial charge in [0.05, 0.1) is 5.92 Å². The number of hydrogen-bond acceptors (Lipinski definition) is 5. The first-order valence-corrected chi connectivity index (χ1v) is 10.9. The Morgan fingerprint density at radius 3 is 2.33 bits per heavy atom. The van der Waals surface area contributed by atoms with Crippen molar-refractivity contribution in [3.63, 3.8) is 0 Å². The fourth-order valence-electron chi connectivity index (χ4n) is 2.93. The number of carbonyl (C=O) groups excluding carboxylic acids is 1. The molecule has 4 N–H and O–H groups in total. The first-order chi connectivity index (χ1) is 14.3. The van der Waals surface area contributed by atoms with Gasteiger partial charge in [-0.3, -0.25) is 9.59 Å². The minimum atomic E-state index is -1.97. The summed E-state index contributed by atoms with van der Waals surface area (Å²) in [5.74, 6) is -3.42. The monoisotopic (exact) mass is 542 g/mol. The van der Waals surface area contributed by atoms with Gasteiger partial charge in [-0.15, -0.1) is 0 Å². The van der Waals surface area contributed by atoms with Crippen LogP contribution in [0, 0.1) is 9.49 Å². The van der Waals surface area contributed by atoms with E-state index in [-0.39, 0.29) is 12.2 Å². The van der Waals surface area contributed by atoms with Crippen LogP contribution in [0.15, 0.2) is 54.6 Å². The van der Waals surface area contributed by atoms with Crippen LogP contribution in [-0.4, -0.2) is 39.5 Å². The molecule has 0 spiro atoms. The lowest BCUT2D eigenvalue weighted by Gasteiger charge is -2.33. The van der Waals surface area contributed by atoms with Crippen LogP contribution in [0.4, 0.5) is 5.69 Å². The lowest BCUT2D eigenvalue weighted by atomic mass is 9.97. The van der Waals surface area contributed by atoms with E-state index in [2.05, 4.69) is 45.9 Å². The maximum atomic E-state index is 13.0. The largest absolute Gasteiger partial charge is 0.481 e. The van der Waals surface area contributed by atoms with Crippen LogP contribution in [0.1, 0.15) is 18.4 Å². The molecule has 0 aliphatic carbocycles. The Kier molecular flexibility index (Phi) is 8.97. The Morgan fingerprint density at radius 2 is 1.77 bits per heavy atom. The van der Waals surface area contributed by atoms with Crippen LogP contribution in [0.25, 0.3) is 0 Å². The predicted molar refractivity (Wildman–Crippen MR) is 126 cm³/mol. The summed E-state index contributed by atoms with van der Waals surface area (Å²) < 4.78 is 0.860. The third kappa shape index (κ3) is 6.91. The molecule has 2 atom stereocenters. The fraction of sp³-hybridized carbons (Fsp3) is 0.286. The number of thiol groups is 1. The summed E-state index contributed by atoms with van der Waals surface area (Å²) in [5.41, 5.74) is -0.596. The quantitative estimate of drug-likeness (QED) is 0.169. The number of benzene rings is 2. The van der Waals surface area contributed by atoms with Gasteiger partial charge >= 0.3 is 11.9 Å². The molecular weight excluding hydrogens is 519 g/mol. The molecule has 2 aromatic carbocycles. The van der Waals surface area contributed by atoms with Crippen LogP contribution in [0.2, 0.25) is 0 Å². The number of anilines is 1. The molecule has 0 aliphatic rings. The molecule has 0 saturated carbocycles. The van der Waals surface area contributed by atoms with Crippen molar-refractivity contribution in [3.8, 4) is 0 Å². The number of rotatable bonds is 11.